The molecule has 0 fully saturated rings. The van der Waals surface area contributed by atoms with Crippen LogP contribution in [0.15, 0.2) is 12.1 Å². The summed E-state index contributed by atoms with van der Waals surface area (Å²) in [4.78, 5) is 0. The summed E-state index contributed by atoms with van der Waals surface area (Å²) >= 11 is 0. The molecule has 0 aliphatic heterocycles. The van der Waals surface area contributed by atoms with E-state index in [1.54, 1.807) is 0 Å². The van der Waals surface area contributed by atoms with Crippen molar-refractivity contribution < 1.29 is 4.74 Å². The Hall–Kier alpha value is -0.860. The maximum atomic E-state index is 6.22. The van der Waals surface area contributed by atoms with Crippen LogP contribution in [0.3, 0.4) is 0 Å². The van der Waals surface area contributed by atoms with E-state index in [1.807, 2.05) is 0 Å². The van der Waals surface area contributed by atoms with E-state index in [1.165, 1.54) is 22.3 Å². The quantitative estimate of drug-likeness (QED) is 0.767. The summed E-state index contributed by atoms with van der Waals surface area (Å²) in [6, 6.07) is 4.53. The molecule has 0 bridgehead atoms. The van der Waals surface area contributed by atoms with Gasteiger partial charge in [0.2, 0.25) is 0 Å². The SMILES string of the molecule is CCCOCCC(N)c1cc(C)c(C)cc1C. The predicted molar refractivity (Wildman–Crippen MR) is 73.3 cm³/mol. The molecule has 0 heterocycles. The Labute approximate surface area is 105 Å². The van der Waals surface area contributed by atoms with Crippen LogP contribution in [0.2, 0.25) is 0 Å². The molecule has 1 atom stereocenters. The number of aryl methyl sites for hydroxylation is 3. The van der Waals surface area contributed by atoms with Crippen molar-refractivity contribution in [1.82, 2.24) is 0 Å². The van der Waals surface area contributed by atoms with Gasteiger partial charge >= 0.3 is 0 Å². The van der Waals surface area contributed by atoms with Crippen molar-refractivity contribution in [3.8, 4) is 0 Å². The fourth-order valence-corrected chi connectivity index (χ4v) is 1.99. The topological polar surface area (TPSA) is 35.2 Å². The van der Waals surface area contributed by atoms with Crippen LogP contribution in [-0.2, 0) is 4.74 Å². The summed E-state index contributed by atoms with van der Waals surface area (Å²) in [5, 5.41) is 0. The molecule has 0 saturated carbocycles. The fourth-order valence-electron chi connectivity index (χ4n) is 1.99. The van der Waals surface area contributed by atoms with E-state index < -0.39 is 0 Å². The van der Waals surface area contributed by atoms with E-state index in [-0.39, 0.29) is 6.04 Å². The van der Waals surface area contributed by atoms with Crippen LogP contribution >= 0.6 is 0 Å². The molecule has 1 rings (SSSR count). The molecule has 0 radical (unpaired) electrons. The zero-order valence-electron chi connectivity index (χ0n) is 11.5. The molecule has 2 N–H and O–H groups in total. The number of hydrogen-bond acceptors (Lipinski definition) is 2. The first kappa shape index (κ1) is 14.2. The van der Waals surface area contributed by atoms with E-state index in [4.69, 9.17) is 10.5 Å². The lowest BCUT2D eigenvalue weighted by Gasteiger charge is -2.17. The van der Waals surface area contributed by atoms with Crippen LogP contribution in [0.1, 0.15) is 48.1 Å². The lowest BCUT2D eigenvalue weighted by Crippen LogP contribution is -2.15. The summed E-state index contributed by atoms with van der Waals surface area (Å²) in [5.41, 5.74) is 11.4. The highest BCUT2D eigenvalue weighted by Gasteiger charge is 2.10. The summed E-state index contributed by atoms with van der Waals surface area (Å²) in [6.07, 6.45) is 1.96. The summed E-state index contributed by atoms with van der Waals surface area (Å²) in [7, 11) is 0. The second-order valence-corrected chi connectivity index (χ2v) is 4.80. The highest BCUT2D eigenvalue weighted by molar-refractivity contribution is 5.38. The normalized spacial score (nSPS) is 12.8. The standard InChI is InChI=1S/C15H25NO/c1-5-7-17-8-6-15(16)14-10-12(3)11(2)9-13(14)4/h9-10,15H,5-8,16H2,1-4H3. The molecule has 0 aliphatic rings. The van der Waals surface area contributed by atoms with Gasteiger partial charge in [0.05, 0.1) is 0 Å². The molecule has 2 nitrogen and oxygen atoms in total. The second-order valence-electron chi connectivity index (χ2n) is 4.80. The average molecular weight is 235 g/mol. The van der Waals surface area contributed by atoms with Crippen LogP contribution in [0.5, 0.6) is 0 Å². The van der Waals surface area contributed by atoms with Crippen molar-refractivity contribution in [1.29, 1.82) is 0 Å². The highest BCUT2D eigenvalue weighted by atomic mass is 16.5. The van der Waals surface area contributed by atoms with Gasteiger partial charge in [0.15, 0.2) is 0 Å². The van der Waals surface area contributed by atoms with Gasteiger partial charge in [0, 0.05) is 19.3 Å². The number of hydrogen-bond donors (Lipinski definition) is 1. The molecule has 1 unspecified atom stereocenters. The minimum atomic E-state index is 0.0890. The van der Waals surface area contributed by atoms with Gasteiger partial charge in [-0.1, -0.05) is 19.1 Å². The highest BCUT2D eigenvalue weighted by Crippen LogP contribution is 2.22. The molecule has 1 aromatic rings. The lowest BCUT2D eigenvalue weighted by atomic mass is 9.95. The molecule has 17 heavy (non-hydrogen) atoms. The molecule has 0 amide bonds. The van der Waals surface area contributed by atoms with Gasteiger partial charge in [-0.15, -0.1) is 0 Å². The molecular formula is C15H25NO. The largest absolute Gasteiger partial charge is 0.381 e. The van der Waals surface area contributed by atoms with Crippen LogP contribution in [0.25, 0.3) is 0 Å². The third kappa shape index (κ3) is 4.14. The Morgan fingerprint density at radius 1 is 1.06 bits per heavy atom. The minimum Gasteiger partial charge on any atom is -0.381 e. The zero-order valence-corrected chi connectivity index (χ0v) is 11.5. The van der Waals surface area contributed by atoms with Crippen LogP contribution in [0, 0.1) is 20.8 Å². The van der Waals surface area contributed by atoms with Gasteiger partial charge in [-0.3, -0.25) is 0 Å². The van der Waals surface area contributed by atoms with Gasteiger partial charge in [0.25, 0.3) is 0 Å². The van der Waals surface area contributed by atoms with Crippen molar-refractivity contribution in [3.63, 3.8) is 0 Å². The van der Waals surface area contributed by atoms with E-state index in [0.717, 1.165) is 26.1 Å². The lowest BCUT2D eigenvalue weighted by molar-refractivity contribution is 0.127. The molecule has 1 aromatic carbocycles. The van der Waals surface area contributed by atoms with Crippen molar-refractivity contribution in [2.45, 2.75) is 46.6 Å². The monoisotopic (exact) mass is 235 g/mol. The molecule has 0 spiro atoms. The number of rotatable bonds is 6. The Balaban J connectivity index is 2.62. The van der Waals surface area contributed by atoms with E-state index >= 15 is 0 Å². The van der Waals surface area contributed by atoms with Crippen molar-refractivity contribution in [2.24, 2.45) is 5.73 Å². The van der Waals surface area contributed by atoms with Crippen LogP contribution in [0.4, 0.5) is 0 Å². The maximum absolute atomic E-state index is 6.22. The third-order valence-electron chi connectivity index (χ3n) is 3.20. The van der Waals surface area contributed by atoms with E-state index in [0.29, 0.717) is 0 Å². The second kappa shape index (κ2) is 6.77. The Bertz CT molecular complexity index is 360. The molecule has 0 aromatic heterocycles. The fraction of sp³-hybridized carbons (Fsp3) is 0.600. The van der Waals surface area contributed by atoms with Gasteiger partial charge in [-0.25, -0.2) is 0 Å². The number of ether oxygens (including phenoxy) is 1. The van der Waals surface area contributed by atoms with Crippen molar-refractivity contribution in [2.75, 3.05) is 13.2 Å². The first-order chi connectivity index (χ1) is 8.06. The Morgan fingerprint density at radius 3 is 2.35 bits per heavy atom. The zero-order chi connectivity index (χ0) is 12.8. The average Bonchev–Trinajstić information content (AvgIpc) is 2.29. The van der Waals surface area contributed by atoms with E-state index in [9.17, 15) is 0 Å². The van der Waals surface area contributed by atoms with E-state index in [2.05, 4.69) is 39.8 Å². The molecule has 2 heteroatoms. The van der Waals surface area contributed by atoms with Gasteiger partial charge in [-0.05, 0) is 55.9 Å². The first-order valence-electron chi connectivity index (χ1n) is 6.47. The maximum Gasteiger partial charge on any atom is 0.0484 e. The molecule has 0 aliphatic carbocycles. The Morgan fingerprint density at radius 2 is 1.71 bits per heavy atom. The summed E-state index contributed by atoms with van der Waals surface area (Å²) in [6.45, 7) is 10.1. The van der Waals surface area contributed by atoms with Gasteiger partial charge in [-0.2, -0.15) is 0 Å². The van der Waals surface area contributed by atoms with Gasteiger partial charge in [0.1, 0.15) is 0 Å². The van der Waals surface area contributed by atoms with Crippen molar-refractivity contribution in [3.05, 3.63) is 34.4 Å². The summed E-state index contributed by atoms with van der Waals surface area (Å²) in [5.74, 6) is 0. The summed E-state index contributed by atoms with van der Waals surface area (Å²) < 4.78 is 5.49. The molecule has 96 valence electrons. The minimum absolute atomic E-state index is 0.0890. The van der Waals surface area contributed by atoms with Crippen LogP contribution in [-0.4, -0.2) is 13.2 Å². The number of benzene rings is 1. The Kier molecular flexibility index (Phi) is 5.66. The van der Waals surface area contributed by atoms with Crippen LogP contribution < -0.4 is 5.73 Å². The third-order valence-corrected chi connectivity index (χ3v) is 3.20. The molecule has 0 saturated heterocycles. The van der Waals surface area contributed by atoms with Crippen molar-refractivity contribution >= 4 is 0 Å². The predicted octanol–water partition coefficient (Wildman–Crippen LogP) is 3.43. The molecular weight excluding hydrogens is 210 g/mol. The number of nitrogens with two attached hydrogens (primary N) is 1. The first-order valence-corrected chi connectivity index (χ1v) is 6.47. The van der Waals surface area contributed by atoms with Gasteiger partial charge < -0.3 is 10.5 Å². The smallest absolute Gasteiger partial charge is 0.0484 e.